The summed E-state index contributed by atoms with van der Waals surface area (Å²) in [6.07, 6.45) is 1.59. The van der Waals surface area contributed by atoms with E-state index in [1.165, 1.54) is 12.1 Å². The van der Waals surface area contributed by atoms with Gasteiger partial charge in [0.15, 0.2) is 11.7 Å². The SMILES string of the molecule is CN=C(NCc1ncc(-c2ccccc2)o1)N1CC(C)OC(c2ccc(F)cc2)C1. The number of oxazole rings is 1. The maximum absolute atomic E-state index is 13.3. The minimum atomic E-state index is -0.252. The van der Waals surface area contributed by atoms with Gasteiger partial charge in [-0.2, -0.15) is 0 Å². The average molecular weight is 408 g/mol. The Kier molecular flexibility index (Phi) is 6.09. The molecule has 30 heavy (non-hydrogen) atoms. The molecule has 0 amide bonds. The first-order valence-corrected chi connectivity index (χ1v) is 9.99. The van der Waals surface area contributed by atoms with E-state index in [0.29, 0.717) is 25.5 Å². The first-order chi connectivity index (χ1) is 14.6. The molecule has 0 spiro atoms. The van der Waals surface area contributed by atoms with Crippen LogP contribution in [-0.2, 0) is 11.3 Å². The lowest BCUT2D eigenvalue weighted by molar-refractivity contribution is -0.0605. The molecule has 3 aromatic rings. The summed E-state index contributed by atoms with van der Waals surface area (Å²) in [7, 11) is 1.75. The van der Waals surface area contributed by atoms with Gasteiger partial charge in [-0.1, -0.05) is 42.5 Å². The van der Waals surface area contributed by atoms with Crippen molar-refractivity contribution in [1.82, 2.24) is 15.2 Å². The molecule has 0 saturated carbocycles. The molecule has 1 aromatic heterocycles. The number of ether oxygens (including phenoxy) is 1. The van der Waals surface area contributed by atoms with Crippen LogP contribution in [0, 0.1) is 5.82 Å². The number of aromatic nitrogens is 1. The molecule has 0 radical (unpaired) electrons. The Morgan fingerprint density at radius 1 is 1.17 bits per heavy atom. The number of benzene rings is 2. The fourth-order valence-corrected chi connectivity index (χ4v) is 3.60. The second-order valence-corrected chi connectivity index (χ2v) is 7.28. The summed E-state index contributed by atoms with van der Waals surface area (Å²) < 4.78 is 25.2. The lowest BCUT2D eigenvalue weighted by Gasteiger charge is -2.38. The van der Waals surface area contributed by atoms with Crippen molar-refractivity contribution in [2.45, 2.75) is 25.7 Å². The molecule has 0 aliphatic carbocycles. The van der Waals surface area contributed by atoms with E-state index in [-0.39, 0.29) is 18.0 Å². The van der Waals surface area contributed by atoms with Crippen LogP contribution in [0.15, 0.2) is 70.2 Å². The zero-order chi connectivity index (χ0) is 20.9. The van der Waals surface area contributed by atoms with Crippen molar-refractivity contribution < 1.29 is 13.5 Å². The molecule has 4 rings (SSSR count). The molecule has 2 unspecified atom stereocenters. The second kappa shape index (κ2) is 9.09. The monoisotopic (exact) mass is 408 g/mol. The molecule has 7 heteroatoms. The molecule has 1 N–H and O–H groups in total. The second-order valence-electron chi connectivity index (χ2n) is 7.28. The van der Waals surface area contributed by atoms with Crippen molar-refractivity contribution in [3.63, 3.8) is 0 Å². The topological polar surface area (TPSA) is 62.9 Å². The smallest absolute Gasteiger partial charge is 0.214 e. The molecule has 156 valence electrons. The minimum absolute atomic E-state index is 0.0128. The van der Waals surface area contributed by atoms with Crippen molar-refractivity contribution >= 4 is 5.96 Å². The summed E-state index contributed by atoms with van der Waals surface area (Å²) in [6, 6.07) is 16.3. The predicted octanol–water partition coefficient (Wildman–Crippen LogP) is 4.02. The zero-order valence-corrected chi connectivity index (χ0v) is 17.1. The van der Waals surface area contributed by atoms with Crippen LogP contribution in [0.4, 0.5) is 4.39 Å². The van der Waals surface area contributed by atoms with Crippen LogP contribution in [0.2, 0.25) is 0 Å². The molecule has 0 bridgehead atoms. The highest BCUT2D eigenvalue weighted by Gasteiger charge is 2.28. The molecule has 6 nitrogen and oxygen atoms in total. The molecule has 1 saturated heterocycles. The van der Waals surface area contributed by atoms with Gasteiger partial charge < -0.3 is 19.4 Å². The Morgan fingerprint density at radius 3 is 2.67 bits per heavy atom. The van der Waals surface area contributed by atoms with Gasteiger partial charge in [0.25, 0.3) is 0 Å². The van der Waals surface area contributed by atoms with E-state index < -0.39 is 0 Å². The zero-order valence-electron chi connectivity index (χ0n) is 17.1. The number of aliphatic imine (C=N–C) groups is 1. The van der Waals surface area contributed by atoms with E-state index in [0.717, 1.165) is 22.8 Å². The number of halogens is 1. The Morgan fingerprint density at radius 2 is 1.93 bits per heavy atom. The predicted molar refractivity (Wildman–Crippen MR) is 113 cm³/mol. The van der Waals surface area contributed by atoms with Gasteiger partial charge in [-0.3, -0.25) is 4.99 Å². The van der Waals surface area contributed by atoms with Crippen LogP contribution in [0.25, 0.3) is 11.3 Å². The Labute approximate surface area is 175 Å². The number of hydrogen-bond donors (Lipinski definition) is 1. The van der Waals surface area contributed by atoms with Gasteiger partial charge in [-0.15, -0.1) is 0 Å². The lowest BCUT2D eigenvalue weighted by atomic mass is 10.1. The molecule has 1 aliphatic rings. The van der Waals surface area contributed by atoms with Crippen molar-refractivity contribution in [2.75, 3.05) is 20.1 Å². The largest absolute Gasteiger partial charge is 0.439 e. The third kappa shape index (κ3) is 4.68. The van der Waals surface area contributed by atoms with E-state index in [9.17, 15) is 4.39 Å². The van der Waals surface area contributed by atoms with E-state index in [2.05, 4.69) is 20.2 Å². The first-order valence-electron chi connectivity index (χ1n) is 9.99. The average Bonchev–Trinajstić information content (AvgIpc) is 3.24. The van der Waals surface area contributed by atoms with E-state index in [1.54, 1.807) is 25.4 Å². The maximum atomic E-state index is 13.3. The van der Waals surface area contributed by atoms with Gasteiger partial charge in [0.2, 0.25) is 5.89 Å². The van der Waals surface area contributed by atoms with Gasteiger partial charge in [0.1, 0.15) is 11.9 Å². The minimum Gasteiger partial charge on any atom is -0.439 e. The molecule has 1 aliphatic heterocycles. The third-order valence-corrected chi connectivity index (χ3v) is 5.02. The van der Waals surface area contributed by atoms with Gasteiger partial charge in [0.05, 0.1) is 25.4 Å². The molecule has 2 atom stereocenters. The highest BCUT2D eigenvalue weighted by Crippen LogP contribution is 2.25. The van der Waals surface area contributed by atoms with Crippen molar-refractivity contribution in [3.8, 4) is 11.3 Å². The van der Waals surface area contributed by atoms with Crippen molar-refractivity contribution in [2.24, 2.45) is 4.99 Å². The molecule has 2 aromatic carbocycles. The summed E-state index contributed by atoms with van der Waals surface area (Å²) in [5, 5.41) is 3.33. The fraction of sp³-hybridized carbons (Fsp3) is 0.304. The van der Waals surface area contributed by atoms with Crippen LogP contribution >= 0.6 is 0 Å². The Balaban J connectivity index is 1.41. The summed E-state index contributed by atoms with van der Waals surface area (Å²) in [6.45, 7) is 3.78. The number of morpholine rings is 1. The number of rotatable bonds is 4. The number of nitrogens with one attached hydrogen (secondary N) is 1. The van der Waals surface area contributed by atoms with Crippen LogP contribution < -0.4 is 5.32 Å². The quantitative estimate of drug-likeness (QED) is 0.522. The summed E-state index contributed by atoms with van der Waals surface area (Å²) in [5.41, 5.74) is 1.94. The molecular weight excluding hydrogens is 383 g/mol. The van der Waals surface area contributed by atoms with Crippen molar-refractivity contribution in [1.29, 1.82) is 0 Å². The standard InChI is InChI=1S/C23H25FN4O2/c1-16-14-28(15-21(29-16)18-8-10-19(24)11-9-18)23(25-2)27-13-22-26-12-20(30-22)17-6-4-3-5-7-17/h3-12,16,21H,13-15H2,1-2H3,(H,25,27). The molecule has 2 heterocycles. The highest BCUT2D eigenvalue weighted by molar-refractivity contribution is 5.80. The van der Waals surface area contributed by atoms with Gasteiger partial charge in [-0.05, 0) is 24.6 Å². The summed E-state index contributed by atoms with van der Waals surface area (Å²) in [5.74, 6) is 1.82. The van der Waals surface area contributed by atoms with Crippen LogP contribution in [-0.4, -0.2) is 42.1 Å². The van der Waals surface area contributed by atoms with E-state index in [1.807, 2.05) is 37.3 Å². The number of nitrogens with zero attached hydrogens (tertiary/aromatic N) is 3. The molecule has 1 fully saturated rings. The normalized spacial score (nSPS) is 19.7. The van der Waals surface area contributed by atoms with Gasteiger partial charge in [-0.25, -0.2) is 9.37 Å². The highest BCUT2D eigenvalue weighted by atomic mass is 19.1. The van der Waals surface area contributed by atoms with Gasteiger partial charge >= 0.3 is 0 Å². The lowest BCUT2D eigenvalue weighted by Crippen LogP contribution is -2.50. The Bertz CT molecular complexity index is 988. The van der Waals surface area contributed by atoms with Gasteiger partial charge in [0, 0.05) is 19.2 Å². The summed E-state index contributed by atoms with van der Waals surface area (Å²) in [4.78, 5) is 10.9. The molecular formula is C23H25FN4O2. The first kappa shape index (κ1) is 20.1. The Hall–Kier alpha value is -3.19. The van der Waals surface area contributed by atoms with E-state index in [4.69, 9.17) is 9.15 Å². The van der Waals surface area contributed by atoms with Crippen LogP contribution in [0.1, 0.15) is 24.5 Å². The van der Waals surface area contributed by atoms with Crippen LogP contribution in [0.3, 0.4) is 0 Å². The maximum Gasteiger partial charge on any atom is 0.214 e. The fourth-order valence-electron chi connectivity index (χ4n) is 3.60. The van der Waals surface area contributed by atoms with Crippen molar-refractivity contribution in [3.05, 3.63) is 78.1 Å². The van der Waals surface area contributed by atoms with E-state index >= 15 is 0 Å². The number of guanidine groups is 1. The third-order valence-electron chi connectivity index (χ3n) is 5.02. The number of hydrogen-bond acceptors (Lipinski definition) is 4. The van der Waals surface area contributed by atoms with Crippen LogP contribution in [0.5, 0.6) is 0 Å². The summed E-state index contributed by atoms with van der Waals surface area (Å²) >= 11 is 0.